The average molecular weight is 368 g/mol. The summed E-state index contributed by atoms with van der Waals surface area (Å²) in [6.07, 6.45) is 1.41. The van der Waals surface area contributed by atoms with Gasteiger partial charge in [0.05, 0.1) is 7.11 Å². The van der Waals surface area contributed by atoms with Gasteiger partial charge in [0.1, 0.15) is 11.5 Å². The van der Waals surface area contributed by atoms with Gasteiger partial charge in [-0.1, -0.05) is 30.3 Å². The molecule has 0 aromatic heterocycles. The highest BCUT2D eigenvalue weighted by atomic mass is 16.5. The zero-order chi connectivity index (χ0) is 19.1. The number of piperidine rings is 1. The van der Waals surface area contributed by atoms with Gasteiger partial charge in [0.15, 0.2) is 6.10 Å². The molecule has 3 rings (SSSR count). The monoisotopic (exact) mass is 368 g/mol. The van der Waals surface area contributed by atoms with Gasteiger partial charge in [-0.2, -0.15) is 0 Å². The smallest absolute Gasteiger partial charge is 0.260 e. The van der Waals surface area contributed by atoms with Crippen molar-refractivity contribution in [3.63, 3.8) is 0 Å². The quantitative estimate of drug-likeness (QED) is 0.815. The van der Waals surface area contributed by atoms with E-state index in [2.05, 4.69) is 34.5 Å². The van der Waals surface area contributed by atoms with Crippen LogP contribution in [-0.2, 0) is 11.3 Å². The Balaban J connectivity index is 1.41. The number of carbonyl (C=O) groups is 1. The van der Waals surface area contributed by atoms with Gasteiger partial charge < -0.3 is 14.8 Å². The lowest BCUT2D eigenvalue weighted by Crippen LogP contribution is -2.47. The van der Waals surface area contributed by atoms with Crippen LogP contribution in [0.3, 0.4) is 0 Å². The van der Waals surface area contributed by atoms with Crippen molar-refractivity contribution in [3.8, 4) is 11.5 Å². The van der Waals surface area contributed by atoms with Crippen LogP contribution >= 0.6 is 0 Å². The second-order valence-electron chi connectivity index (χ2n) is 6.98. The van der Waals surface area contributed by atoms with Crippen LogP contribution in [0.2, 0.25) is 0 Å². The van der Waals surface area contributed by atoms with Crippen molar-refractivity contribution in [2.75, 3.05) is 20.2 Å². The first-order chi connectivity index (χ1) is 13.1. The van der Waals surface area contributed by atoms with E-state index in [-0.39, 0.29) is 11.9 Å². The van der Waals surface area contributed by atoms with Gasteiger partial charge in [-0.15, -0.1) is 0 Å². The van der Waals surface area contributed by atoms with Crippen LogP contribution in [0.4, 0.5) is 0 Å². The van der Waals surface area contributed by atoms with E-state index in [1.807, 2.05) is 30.3 Å². The summed E-state index contributed by atoms with van der Waals surface area (Å²) < 4.78 is 10.9. The molecule has 0 aliphatic carbocycles. The van der Waals surface area contributed by atoms with Crippen molar-refractivity contribution in [2.24, 2.45) is 0 Å². The fraction of sp³-hybridized carbons (Fsp3) is 0.409. The molecule has 1 N–H and O–H groups in total. The van der Waals surface area contributed by atoms with E-state index < -0.39 is 6.10 Å². The number of methoxy groups -OCH3 is 1. The van der Waals surface area contributed by atoms with Crippen molar-refractivity contribution in [2.45, 2.75) is 38.5 Å². The second kappa shape index (κ2) is 9.42. The molecule has 1 fully saturated rings. The Morgan fingerprint density at radius 3 is 2.33 bits per heavy atom. The predicted octanol–water partition coefficient (Wildman–Crippen LogP) is 3.24. The lowest BCUT2D eigenvalue weighted by molar-refractivity contribution is -0.128. The van der Waals surface area contributed by atoms with Crippen molar-refractivity contribution >= 4 is 5.91 Å². The van der Waals surface area contributed by atoms with Crippen molar-refractivity contribution in [1.29, 1.82) is 0 Å². The van der Waals surface area contributed by atoms with E-state index in [0.29, 0.717) is 5.75 Å². The number of benzene rings is 2. The van der Waals surface area contributed by atoms with Crippen LogP contribution in [-0.4, -0.2) is 43.2 Å². The highest BCUT2D eigenvalue weighted by molar-refractivity contribution is 5.81. The van der Waals surface area contributed by atoms with Crippen LogP contribution in [0.25, 0.3) is 0 Å². The topological polar surface area (TPSA) is 50.8 Å². The molecule has 0 saturated carbocycles. The minimum Gasteiger partial charge on any atom is -0.497 e. The summed E-state index contributed by atoms with van der Waals surface area (Å²) >= 11 is 0. The summed E-state index contributed by atoms with van der Waals surface area (Å²) in [5.74, 6) is 1.37. The summed E-state index contributed by atoms with van der Waals surface area (Å²) in [5.41, 5.74) is 1.33. The van der Waals surface area contributed by atoms with Crippen molar-refractivity contribution in [1.82, 2.24) is 10.2 Å². The molecule has 0 spiro atoms. The van der Waals surface area contributed by atoms with Gasteiger partial charge in [0, 0.05) is 25.7 Å². The zero-order valence-corrected chi connectivity index (χ0v) is 16.1. The maximum atomic E-state index is 12.4. The summed E-state index contributed by atoms with van der Waals surface area (Å²) in [6.45, 7) is 4.74. The zero-order valence-electron chi connectivity index (χ0n) is 16.1. The molecule has 1 atom stereocenters. The number of likely N-dealkylation sites (tertiary alicyclic amines) is 1. The SMILES string of the molecule is COc1ccc(O[C@H](C)C(=O)NC2CCN(Cc3ccccc3)CC2)cc1. The van der Waals surface area contributed by atoms with E-state index in [4.69, 9.17) is 9.47 Å². The number of hydrogen-bond donors (Lipinski definition) is 1. The Labute approximate surface area is 161 Å². The summed E-state index contributed by atoms with van der Waals surface area (Å²) in [4.78, 5) is 14.9. The molecule has 1 aliphatic rings. The van der Waals surface area contributed by atoms with Gasteiger partial charge in [0.25, 0.3) is 5.91 Å². The molecular formula is C22H28N2O3. The first-order valence-corrected chi connectivity index (χ1v) is 9.51. The molecule has 144 valence electrons. The van der Waals surface area contributed by atoms with Crippen LogP contribution in [0.15, 0.2) is 54.6 Å². The number of rotatable bonds is 7. The molecular weight excluding hydrogens is 340 g/mol. The number of hydrogen-bond acceptors (Lipinski definition) is 4. The van der Waals surface area contributed by atoms with Gasteiger partial charge in [-0.05, 0) is 49.6 Å². The largest absolute Gasteiger partial charge is 0.497 e. The minimum atomic E-state index is -0.527. The lowest BCUT2D eigenvalue weighted by Gasteiger charge is -2.32. The molecule has 1 saturated heterocycles. The van der Waals surface area contributed by atoms with Crippen molar-refractivity contribution < 1.29 is 14.3 Å². The molecule has 1 amide bonds. The number of ether oxygens (including phenoxy) is 2. The first kappa shape index (κ1) is 19.2. The standard InChI is InChI=1S/C22H28N2O3/c1-17(27-21-10-8-20(26-2)9-11-21)22(25)23-19-12-14-24(15-13-19)16-18-6-4-3-5-7-18/h3-11,17,19H,12-16H2,1-2H3,(H,23,25)/t17-/m1/s1. The molecule has 0 unspecified atom stereocenters. The van der Waals surface area contributed by atoms with Gasteiger partial charge in [-0.25, -0.2) is 0 Å². The van der Waals surface area contributed by atoms with E-state index in [9.17, 15) is 4.79 Å². The third-order valence-electron chi connectivity index (χ3n) is 4.92. The lowest BCUT2D eigenvalue weighted by atomic mass is 10.0. The molecule has 27 heavy (non-hydrogen) atoms. The molecule has 0 radical (unpaired) electrons. The predicted molar refractivity (Wildman–Crippen MR) is 106 cm³/mol. The molecule has 0 bridgehead atoms. The third-order valence-corrected chi connectivity index (χ3v) is 4.92. The summed E-state index contributed by atoms with van der Waals surface area (Å²) in [6, 6.07) is 18.0. The van der Waals surface area contributed by atoms with Gasteiger partial charge in [0.2, 0.25) is 0 Å². The van der Waals surface area contributed by atoms with Crippen LogP contribution in [0.1, 0.15) is 25.3 Å². The Morgan fingerprint density at radius 2 is 1.70 bits per heavy atom. The van der Waals surface area contributed by atoms with E-state index >= 15 is 0 Å². The Morgan fingerprint density at radius 1 is 1.07 bits per heavy atom. The fourth-order valence-corrected chi connectivity index (χ4v) is 3.31. The molecule has 2 aromatic carbocycles. The van der Waals surface area contributed by atoms with Crippen molar-refractivity contribution in [3.05, 3.63) is 60.2 Å². The molecule has 5 nitrogen and oxygen atoms in total. The third kappa shape index (κ3) is 5.73. The summed E-state index contributed by atoms with van der Waals surface area (Å²) in [7, 11) is 1.62. The molecule has 2 aromatic rings. The van der Waals surface area contributed by atoms with Gasteiger partial charge in [-0.3, -0.25) is 9.69 Å². The number of nitrogens with one attached hydrogen (secondary N) is 1. The first-order valence-electron chi connectivity index (χ1n) is 9.51. The Kier molecular flexibility index (Phi) is 6.71. The number of amides is 1. The molecule has 1 aliphatic heterocycles. The molecule has 1 heterocycles. The highest BCUT2D eigenvalue weighted by Gasteiger charge is 2.23. The van der Waals surface area contributed by atoms with E-state index in [1.54, 1.807) is 14.0 Å². The molecule has 5 heteroatoms. The van der Waals surface area contributed by atoms with E-state index in [0.717, 1.165) is 38.2 Å². The normalized spacial score (nSPS) is 16.5. The highest BCUT2D eigenvalue weighted by Crippen LogP contribution is 2.19. The van der Waals surface area contributed by atoms with Gasteiger partial charge >= 0.3 is 0 Å². The maximum absolute atomic E-state index is 12.4. The van der Waals surface area contributed by atoms with Crippen LogP contribution in [0.5, 0.6) is 11.5 Å². The number of nitrogens with zero attached hydrogens (tertiary/aromatic N) is 1. The number of carbonyl (C=O) groups excluding carboxylic acids is 1. The fourth-order valence-electron chi connectivity index (χ4n) is 3.31. The minimum absolute atomic E-state index is 0.0627. The summed E-state index contributed by atoms with van der Waals surface area (Å²) in [5, 5.41) is 3.13. The maximum Gasteiger partial charge on any atom is 0.260 e. The van der Waals surface area contributed by atoms with Crippen LogP contribution in [0, 0.1) is 0 Å². The average Bonchev–Trinajstić information content (AvgIpc) is 2.71. The second-order valence-corrected chi connectivity index (χ2v) is 6.98. The van der Waals surface area contributed by atoms with E-state index in [1.165, 1.54) is 5.56 Å². The Bertz CT molecular complexity index is 710. The Hall–Kier alpha value is -2.53. The van der Waals surface area contributed by atoms with Crippen LogP contribution < -0.4 is 14.8 Å².